The van der Waals surface area contributed by atoms with E-state index in [0.29, 0.717) is 0 Å². The molecule has 0 aliphatic heterocycles. The Morgan fingerprint density at radius 1 is 0.273 bits per heavy atom. The van der Waals surface area contributed by atoms with E-state index in [4.69, 9.17) is 0 Å². The van der Waals surface area contributed by atoms with Crippen LogP contribution in [0.15, 0.2) is 194 Å². The van der Waals surface area contributed by atoms with Crippen molar-refractivity contribution in [3.63, 3.8) is 0 Å². The third-order valence-electron chi connectivity index (χ3n) is 12.2. The summed E-state index contributed by atoms with van der Waals surface area (Å²) in [5.74, 6) is 0. The maximum absolute atomic E-state index is 2.43. The van der Waals surface area contributed by atoms with Gasteiger partial charge in [0.1, 0.15) is 0 Å². The third kappa shape index (κ3) is 4.85. The van der Waals surface area contributed by atoms with Crippen LogP contribution in [0.1, 0.15) is 25.0 Å². The molecule has 0 spiro atoms. The molecule has 1 aliphatic carbocycles. The van der Waals surface area contributed by atoms with E-state index in [2.05, 4.69) is 208 Å². The Morgan fingerprint density at radius 3 is 1.45 bits per heavy atom. The van der Waals surface area contributed by atoms with E-state index in [1.165, 1.54) is 110 Å². The molecule has 0 radical (unpaired) electrons. The van der Waals surface area contributed by atoms with Crippen LogP contribution in [-0.4, -0.2) is 0 Å². The van der Waals surface area contributed by atoms with E-state index >= 15 is 0 Å². The van der Waals surface area contributed by atoms with Crippen molar-refractivity contribution >= 4 is 43.1 Å². The van der Waals surface area contributed by atoms with E-state index in [0.717, 1.165) is 0 Å². The van der Waals surface area contributed by atoms with Gasteiger partial charge < -0.3 is 0 Å². The molecule has 10 aromatic rings. The fourth-order valence-electron chi connectivity index (χ4n) is 9.60. The first kappa shape index (κ1) is 31.7. The molecule has 0 N–H and O–H groups in total. The standard InChI is InChI=1S/C55H38/c1-55(2)50-27-13-26-44(54(50)49-33-38-15-3-4-16-39(38)34-51(49)55)40-18-11-19-41(32-40)53-47-23-9-7-21-45(47)52(46-22-8-10-24-48(46)53)37-30-28-36(29-31-37)43-25-12-17-35-14-5-6-20-42(35)43/h3-34H,1-2H3. The zero-order valence-electron chi connectivity index (χ0n) is 31.0. The molecule has 0 bridgehead atoms. The molecule has 0 atom stereocenters. The van der Waals surface area contributed by atoms with Crippen LogP contribution in [0, 0.1) is 0 Å². The van der Waals surface area contributed by atoms with E-state index in [9.17, 15) is 0 Å². The summed E-state index contributed by atoms with van der Waals surface area (Å²) in [5, 5.41) is 10.2. The normalized spacial score (nSPS) is 13.1. The van der Waals surface area contributed by atoms with Crippen molar-refractivity contribution in [2.24, 2.45) is 0 Å². The zero-order chi connectivity index (χ0) is 36.7. The first-order chi connectivity index (χ1) is 27.0. The highest BCUT2D eigenvalue weighted by atomic mass is 14.4. The smallest absolute Gasteiger partial charge is 0.0159 e. The molecule has 0 heteroatoms. The second kappa shape index (κ2) is 12.1. The van der Waals surface area contributed by atoms with Crippen LogP contribution in [0.2, 0.25) is 0 Å². The predicted octanol–water partition coefficient (Wildman–Crippen LogP) is 15.3. The van der Waals surface area contributed by atoms with Gasteiger partial charge in [-0.3, -0.25) is 0 Å². The quantitative estimate of drug-likeness (QED) is 0.161. The summed E-state index contributed by atoms with van der Waals surface area (Å²) in [7, 11) is 0. The van der Waals surface area contributed by atoms with Gasteiger partial charge in [0.2, 0.25) is 0 Å². The molecule has 0 amide bonds. The van der Waals surface area contributed by atoms with Crippen molar-refractivity contribution < 1.29 is 0 Å². The lowest BCUT2D eigenvalue weighted by atomic mass is 9.81. The Balaban J connectivity index is 1.08. The highest BCUT2D eigenvalue weighted by Gasteiger charge is 2.37. The van der Waals surface area contributed by atoms with Gasteiger partial charge in [-0.25, -0.2) is 0 Å². The maximum atomic E-state index is 2.43. The number of rotatable bonds is 4. The molecule has 0 aromatic heterocycles. The maximum Gasteiger partial charge on any atom is 0.0159 e. The van der Waals surface area contributed by atoms with Crippen molar-refractivity contribution in [2.75, 3.05) is 0 Å². The van der Waals surface area contributed by atoms with Crippen LogP contribution in [0.25, 0.3) is 98.7 Å². The lowest BCUT2D eigenvalue weighted by Crippen LogP contribution is -2.14. The molecule has 0 saturated heterocycles. The summed E-state index contributed by atoms with van der Waals surface area (Å²) in [5.41, 5.74) is 15.5. The lowest BCUT2D eigenvalue weighted by molar-refractivity contribution is 0.661. The summed E-state index contributed by atoms with van der Waals surface area (Å²) >= 11 is 0. The van der Waals surface area contributed by atoms with Crippen LogP contribution >= 0.6 is 0 Å². The fourth-order valence-corrected chi connectivity index (χ4v) is 9.60. The van der Waals surface area contributed by atoms with Gasteiger partial charge >= 0.3 is 0 Å². The molecular formula is C55H38. The molecular weight excluding hydrogens is 661 g/mol. The molecule has 0 saturated carbocycles. The summed E-state index contributed by atoms with van der Waals surface area (Å²) in [6, 6.07) is 72.2. The van der Waals surface area contributed by atoms with E-state index in [1.54, 1.807) is 0 Å². The molecule has 0 unspecified atom stereocenters. The van der Waals surface area contributed by atoms with Crippen LogP contribution in [0.4, 0.5) is 0 Å². The lowest BCUT2D eigenvalue weighted by Gasteiger charge is -2.22. The minimum atomic E-state index is -0.0857. The van der Waals surface area contributed by atoms with Crippen molar-refractivity contribution in [1.82, 2.24) is 0 Å². The number of hydrogen-bond donors (Lipinski definition) is 0. The average Bonchev–Trinajstić information content (AvgIpc) is 3.46. The highest BCUT2D eigenvalue weighted by Crippen LogP contribution is 2.53. The summed E-state index contributed by atoms with van der Waals surface area (Å²) < 4.78 is 0. The van der Waals surface area contributed by atoms with Gasteiger partial charge in [-0.2, -0.15) is 0 Å². The van der Waals surface area contributed by atoms with Gasteiger partial charge in [-0.15, -0.1) is 0 Å². The van der Waals surface area contributed by atoms with Gasteiger partial charge in [0.15, 0.2) is 0 Å². The van der Waals surface area contributed by atoms with Gasteiger partial charge in [-0.1, -0.05) is 190 Å². The molecule has 0 fully saturated rings. The van der Waals surface area contributed by atoms with Crippen molar-refractivity contribution in [3.8, 4) is 55.6 Å². The molecule has 55 heavy (non-hydrogen) atoms. The largest absolute Gasteiger partial charge is 0.0616 e. The second-order valence-electron chi connectivity index (χ2n) is 15.6. The number of fused-ring (bicyclic) bond motifs is 7. The SMILES string of the molecule is CC1(C)c2cc3ccccc3cc2-c2c(-c3cccc(-c4c5ccccc5c(-c5ccc(-c6cccc7ccccc67)cc5)c5ccccc45)c3)cccc21. The predicted molar refractivity (Wildman–Crippen MR) is 236 cm³/mol. The molecule has 258 valence electrons. The van der Waals surface area contributed by atoms with Crippen molar-refractivity contribution in [2.45, 2.75) is 19.3 Å². The molecule has 0 nitrogen and oxygen atoms in total. The summed E-state index contributed by atoms with van der Waals surface area (Å²) in [4.78, 5) is 0. The Bertz CT molecular complexity index is 3100. The van der Waals surface area contributed by atoms with E-state index in [1.807, 2.05) is 0 Å². The fraction of sp³-hybridized carbons (Fsp3) is 0.0545. The first-order valence-electron chi connectivity index (χ1n) is 19.3. The van der Waals surface area contributed by atoms with Crippen LogP contribution in [0.5, 0.6) is 0 Å². The minimum absolute atomic E-state index is 0.0857. The molecule has 10 aromatic carbocycles. The van der Waals surface area contributed by atoms with Crippen LogP contribution in [0.3, 0.4) is 0 Å². The molecule has 0 heterocycles. The van der Waals surface area contributed by atoms with Gasteiger partial charge in [0.25, 0.3) is 0 Å². The number of benzene rings is 10. The number of hydrogen-bond acceptors (Lipinski definition) is 0. The van der Waals surface area contributed by atoms with E-state index < -0.39 is 0 Å². The highest BCUT2D eigenvalue weighted by molar-refractivity contribution is 6.21. The van der Waals surface area contributed by atoms with Crippen LogP contribution < -0.4 is 0 Å². The second-order valence-corrected chi connectivity index (χ2v) is 15.6. The van der Waals surface area contributed by atoms with Gasteiger partial charge in [0.05, 0.1) is 0 Å². The Morgan fingerprint density at radius 2 is 0.764 bits per heavy atom. The minimum Gasteiger partial charge on any atom is -0.0616 e. The topological polar surface area (TPSA) is 0 Å². The average molecular weight is 699 g/mol. The molecule has 1 aliphatic rings. The van der Waals surface area contributed by atoms with Crippen molar-refractivity contribution in [1.29, 1.82) is 0 Å². The Labute approximate surface area is 322 Å². The third-order valence-corrected chi connectivity index (χ3v) is 12.2. The van der Waals surface area contributed by atoms with Gasteiger partial charge in [0, 0.05) is 5.41 Å². The van der Waals surface area contributed by atoms with Crippen LogP contribution in [-0.2, 0) is 5.41 Å². The summed E-state index contributed by atoms with van der Waals surface area (Å²) in [6.07, 6.45) is 0. The monoisotopic (exact) mass is 698 g/mol. The molecule has 11 rings (SSSR count). The Hall–Kier alpha value is -6.76. The Kier molecular flexibility index (Phi) is 7.00. The summed E-state index contributed by atoms with van der Waals surface area (Å²) in [6.45, 7) is 4.76. The zero-order valence-corrected chi connectivity index (χ0v) is 31.0. The van der Waals surface area contributed by atoms with Gasteiger partial charge in [-0.05, 0) is 128 Å². The van der Waals surface area contributed by atoms with Crippen molar-refractivity contribution in [3.05, 3.63) is 205 Å². The first-order valence-corrected chi connectivity index (χ1v) is 19.3. The van der Waals surface area contributed by atoms with E-state index in [-0.39, 0.29) is 5.41 Å².